The zero-order chi connectivity index (χ0) is 24.6. The van der Waals surface area contributed by atoms with Gasteiger partial charge < -0.3 is 15.0 Å². The Hall–Kier alpha value is -3.07. The summed E-state index contributed by atoms with van der Waals surface area (Å²) in [5.41, 5.74) is 2.45. The first-order valence-corrected chi connectivity index (χ1v) is 12.6. The average molecular weight is 476 g/mol. The highest BCUT2D eigenvalue weighted by atomic mass is 32.2. The van der Waals surface area contributed by atoms with Gasteiger partial charge in [-0.25, -0.2) is 8.42 Å². The molecule has 1 N–H and O–H groups in total. The Morgan fingerprint density at radius 2 is 1.82 bits per heavy atom. The van der Waals surface area contributed by atoms with Gasteiger partial charge in [-0.1, -0.05) is 30.3 Å². The van der Waals surface area contributed by atoms with E-state index in [0.29, 0.717) is 24.4 Å². The van der Waals surface area contributed by atoms with E-state index in [4.69, 9.17) is 4.74 Å². The van der Waals surface area contributed by atoms with Gasteiger partial charge in [0.05, 0.1) is 19.1 Å². The van der Waals surface area contributed by atoms with Gasteiger partial charge >= 0.3 is 0 Å². The van der Waals surface area contributed by atoms with Crippen molar-refractivity contribution in [2.24, 2.45) is 0 Å². The summed E-state index contributed by atoms with van der Waals surface area (Å²) in [6.45, 7) is 4.07. The number of nitrogens with zero attached hydrogens (tertiary/aromatic N) is 2. The number of carbonyl (C=O) groups is 2. The number of anilines is 1. The number of carbonyl (C=O) groups excluding carboxylic acids is 2. The van der Waals surface area contributed by atoms with E-state index < -0.39 is 16.1 Å². The molecule has 0 aliphatic heterocycles. The van der Waals surface area contributed by atoms with Gasteiger partial charge in [0.25, 0.3) is 0 Å². The number of hydrogen-bond donors (Lipinski definition) is 1. The molecule has 0 spiro atoms. The normalized spacial score (nSPS) is 12.0. The van der Waals surface area contributed by atoms with Crippen molar-refractivity contribution in [2.45, 2.75) is 39.3 Å². The van der Waals surface area contributed by atoms with Crippen molar-refractivity contribution in [3.8, 4) is 5.75 Å². The van der Waals surface area contributed by atoms with E-state index in [2.05, 4.69) is 5.32 Å². The van der Waals surface area contributed by atoms with Crippen LogP contribution in [0.5, 0.6) is 5.75 Å². The van der Waals surface area contributed by atoms with Crippen molar-refractivity contribution in [1.29, 1.82) is 0 Å². The summed E-state index contributed by atoms with van der Waals surface area (Å²) in [7, 11) is -0.512. The Kier molecular flexibility index (Phi) is 9.28. The van der Waals surface area contributed by atoms with Crippen LogP contribution in [0.3, 0.4) is 0 Å². The molecule has 0 bridgehead atoms. The largest absolute Gasteiger partial charge is 0.497 e. The molecule has 1 atom stereocenters. The van der Waals surface area contributed by atoms with E-state index in [1.807, 2.05) is 31.2 Å². The minimum absolute atomic E-state index is 0.100. The van der Waals surface area contributed by atoms with E-state index in [9.17, 15) is 18.0 Å². The van der Waals surface area contributed by atoms with Gasteiger partial charge in [-0.15, -0.1) is 0 Å². The number of amides is 2. The van der Waals surface area contributed by atoms with Crippen molar-refractivity contribution < 1.29 is 22.7 Å². The minimum atomic E-state index is -3.56. The number of methoxy groups -OCH3 is 1. The molecular formula is C24H33N3O5S. The van der Waals surface area contributed by atoms with Crippen molar-refractivity contribution >= 4 is 27.5 Å². The Morgan fingerprint density at radius 3 is 2.42 bits per heavy atom. The summed E-state index contributed by atoms with van der Waals surface area (Å²) in [5, 5.41) is 2.59. The fourth-order valence-electron chi connectivity index (χ4n) is 3.53. The molecule has 0 radical (unpaired) electrons. The smallest absolute Gasteiger partial charge is 0.242 e. The van der Waals surface area contributed by atoms with Gasteiger partial charge in [-0.05, 0) is 43.5 Å². The van der Waals surface area contributed by atoms with Gasteiger partial charge in [0.15, 0.2) is 0 Å². The van der Waals surface area contributed by atoms with Gasteiger partial charge in [-0.2, -0.15) is 0 Å². The lowest BCUT2D eigenvalue weighted by atomic mass is 10.1. The predicted octanol–water partition coefficient (Wildman–Crippen LogP) is 2.71. The number of aryl methyl sites for hydroxylation is 1. The monoisotopic (exact) mass is 475 g/mol. The van der Waals surface area contributed by atoms with Crippen molar-refractivity contribution in [3.05, 3.63) is 59.7 Å². The highest BCUT2D eigenvalue weighted by Crippen LogP contribution is 2.24. The molecule has 2 aromatic carbocycles. The first-order valence-electron chi connectivity index (χ1n) is 10.8. The standard InChI is InChI=1S/C24H33N3O5S/c1-18-10-6-7-11-20(18)17-26(19(2)24(29)25-3)23(28)14-9-15-27(33(5,30)31)21-12-8-13-22(16-21)32-4/h6-8,10-13,16,19H,9,14-15,17H2,1-5H3,(H,25,29)/t19-/m0/s1. The SMILES string of the molecule is CNC(=O)[C@H](C)N(Cc1ccccc1C)C(=O)CCCN(c1cccc(OC)c1)S(C)(=O)=O. The Labute approximate surface area is 196 Å². The summed E-state index contributed by atoms with van der Waals surface area (Å²) >= 11 is 0. The van der Waals surface area contributed by atoms with Crippen molar-refractivity contribution in [1.82, 2.24) is 10.2 Å². The second-order valence-corrected chi connectivity index (χ2v) is 9.79. The van der Waals surface area contributed by atoms with Crippen LogP contribution in [0.4, 0.5) is 5.69 Å². The third-order valence-corrected chi connectivity index (χ3v) is 6.70. The van der Waals surface area contributed by atoms with Gasteiger partial charge in [0.2, 0.25) is 21.8 Å². The molecule has 0 fully saturated rings. The van der Waals surface area contributed by atoms with Crippen LogP contribution in [-0.4, -0.2) is 58.1 Å². The van der Waals surface area contributed by atoms with Gasteiger partial charge in [0.1, 0.15) is 11.8 Å². The second kappa shape index (κ2) is 11.7. The first kappa shape index (κ1) is 26.2. The molecule has 8 nitrogen and oxygen atoms in total. The van der Waals surface area contributed by atoms with E-state index >= 15 is 0 Å². The van der Waals surface area contributed by atoms with Crippen LogP contribution >= 0.6 is 0 Å². The van der Waals surface area contributed by atoms with Crippen LogP contribution in [-0.2, 0) is 26.2 Å². The molecule has 0 aliphatic carbocycles. The zero-order valence-corrected chi connectivity index (χ0v) is 20.7. The summed E-state index contributed by atoms with van der Waals surface area (Å²) < 4.78 is 31.2. The highest BCUT2D eigenvalue weighted by Gasteiger charge is 2.26. The molecule has 2 rings (SSSR count). The maximum absolute atomic E-state index is 13.1. The molecule has 0 unspecified atom stereocenters. The molecule has 33 heavy (non-hydrogen) atoms. The summed E-state index contributed by atoms with van der Waals surface area (Å²) in [5.74, 6) is 0.0700. The van der Waals surface area contributed by atoms with Crippen molar-refractivity contribution in [3.63, 3.8) is 0 Å². The molecule has 9 heteroatoms. The maximum atomic E-state index is 13.1. The number of ether oxygens (including phenoxy) is 1. The minimum Gasteiger partial charge on any atom is -0.497 e. The number of nitrogens with one attached hydrogen (secondary N) is 1. The third kappa shape index (κ3) is 7.21. The Bertz CT molecular complexity index is 1070. The average Bonchev–Trinajstić information content (AvgIpc) is 2.79. The molecule has 180 valence electrons. The molecule has 0 saturated heterocycles. The molecule has 0 saturated carbocycles. The van der Waals surface area contributed by atoms with Crippen LogP contribution in [0.15, 0.2) is 48.5 Å². The quantitative estimate of drug-likeness (QED) is 0.539. The Balaban J connectivity index is 2.17. The van der Waals surface area contributed by atoms with Gasteiger partial charge in [0, 0.05) is 32.6 Å². The lowest BCUT2D eigenvalue weighted by Crippen LogP contribution is -2.47. The summed E-state index contributed by atoms with van der Waals surface area (Å²) in [6.07, 6.45) is 1.53. The molecule has 2 aromatic rings. The van der Waals surface area contributed by atoms with Gasteiger partial charge in [-0.3, -0.25) is 13.9 Å². The predicted molar refractivity (Wildman–Crippen MR) is 130 cm³/mol. The molecule has 0 heterocycles. The summed E-state index contributed by atoms with van der Waals surface area (Å²) in [4.78, 5) is 27.0. The van der Waals surface area contributed by atoms with Crippen LogP contribution in [0.25, 0.3) is 0 Å². The molecule has 2 amide bonds. The van der Waals surface area contributed by atoms with E-state index in [0.717, 1.165) is 17.4 Å². The number of rotatable bonds is 11. The number of sulfonamides is 1. The lowest BCUT2D eigenvalue weighted by Gasteiger charge is -2.29. The van der Waals surface area contributed by atoms with Crippen LogP contribution in [0, 0.1) is 6.92 Å². The van der Waals surface area contributed by atoms with E-state index in [1.165, 1.54) is 23.4 Å². The molecule has 0 aliphatic rings. The number of likely N-dealkylation sites (N-methyl/N-ethyl adjacent to an activating group) is 1. The lowest BCUT2D eigenvalue weighted by molar-refractivity contribution is -0.140. The first-order chi connectivity index (χ1) is 15.6. The fourth-order valence-corrected chi connectivity index (χ4v) is 4.49. The zero-order valence-electron chi connectivity index (χ0n) is 19.9. The second-order valence-electron chi connectivity index (χ2n) is 7.88. The third-order valence-electron chi connectivity index (χ3n) is 5.51. The maximum Gasteiger partial charge on any atom is 0.242 e. The Morgan fingerprint density at radius 1 is 1.12 bits per heavy atom. The molecule has 0 aromatic heterocycles. The number of hydrogen-bond acceptors (Lipinski definition) is 5. The van der Waals surface area contributed by atoms with Crippen LogP contribution < -0.4 is 14.4 Å². The summed E-state index contributed by atoms with van der Waals surface area (Å²) in [6, 6.07) is 13.8. The van der Waals surface area contributed by atoms with Crippen LogP contribution in [0.1, 0.15) is 30.9 Å². The van der Waals surface area contributed by atoms with E-state index in [1.54, 1.807) is 31.2 Å². The topological polar surface area (TPSA) is 96.0 Å². The van der Waals surface area contributed by atoms with E-state index in [-0.39, 0.29) is 24.8 Å². The highest BCUT2D eigenvalue weighted by molar-refractivity contribution is 7.92. The molecular weight excluding hydrogens is 442 g/mol. The van der Waals surface area contributed by atoms with Crippen LogP contribution in [0.2, 0.25) is 0 Å². The fraction of sp³-hybridized carbons (Fsp3) is 0.417. The number of benzene rings is 2. The van der Waals surface area contributed by atoms with Crippen molar-refractivity contribution in [2.75, 3.05) is 31.3 Å².